The quantitative estimate of drug-likeness (QED) is 0.871. The molecule has 100 valence electrons. The van der Waals surface area contributed by atoms with Crippen molar-refractivity contribution in [3.05, 3.63) is 40.1 Å². The number of nitrogens with zero attached hydrogens (tertiary/aromatic N) is 2. The van der Waals surface area contributed by atoms with Crippen LogP contribution >= 0.6 is 11.3 Å². The summed E-state index contributed by atoms with van der Waals surface area (Å²) in [4.78, 5) is 6.71. The van der Waals surface area contributed by atoms with Crippen molar-refractivity contribution < 1.29 is 5.11 Å². The van der Waals surface area contributed by atoms with Gasteiger partial charge in [-0.2, -0.15) is 0 Å². The molecule has 0 unspecified atom stereocenters. The number of aliphatic hydroxyl groups excluding tert-OH is 1. The number of thiophene rings is 1. The van der Waals surface area contributed by atoms with Crippen molar-refractivity contribution in [1.29, 1.82) is 0 Å². The van der Waals surface area contributed by atoms with E-state index in [4.69, 9.17) is 5.11 Å². The van der Waals surface area contributed by atoms with E-state index in [1.54, 1.807) is 11.3 Å². The van der Waals surface area contributed by atoms with E-state index in [1.165, 1.54) is 4.88 Å². The monoisotopic (exact) mass is 274 g/mol. The van der Waals surface area contributed by atoms with Crippen LogP contribution in [0.25, 0.3) is 0 Å². The average molecular weight is 274 g/mol. The maximum absolute atomic E-state index is 8.69. The van der Waals surface area contributed by atoms with Gasteiger partial charge in [-0.25, -0.2) is 4.98 Å². The Morgan fingerprint density at radius 2 is 2.26 bits per heavy atom. The topological polar surface area (TPSA) is 38.0 Å². The van der Waals surface area contributed by atoms with E-state index in [-0.39, 0.29) is 6.61 Å². The Hall–Kier alpha value is -1.57. The van der Waals surface area contributed by atoms with Gasteiger partial charge in [-0.15, -0.1) is 11.3 Å². The van der Waals surface area contributed by atoms with E-state index < -0.39 is 0 Å². The molecule has 2 heterocycles. The molecule has 0 radical (unpaired) electrons. The molecule has 0 aliphatic heterocycles. The normalized spacial score (nSPS) is 10.5. The van der Waals surface area contributed by atoms with Crippen molar-refractivity contribution in [2.45, 2.75) is 32.7 Å². The average Bonchev–Trinajstić information content (AvgIpc) is 2.99. The van der Waals surface area contributed by atoms with Crippen molar-refractivity contribution in [3.63, 3.8) is 0 Å². The summed E-state index contributed by atoms with van der Waals surface area (Å²) < 4.78 is 2.18. The lowest BCUT2D eigenvalue weighted by Crippen LogP contribution is -2.04. The van der Waals surface area contributed by atoms with E-state index in [9.17, 15) is 0 Å². The van der Waals surface area contributed by atoms with Gasteiger partial charge in [-0.3, -0.25) is 0 Å². The first-order valence-electron chi connectivity index (χ1n) is 6.40. The predicted octanol–water partition coefficient (Wildman–Crippen LogP) is 2.85. The van der Waals surface area contributed by atoms with Crippen LogP contribution < -0.4 is 0 Å². The molecule has 2 aromatic heterocycles. The number of rotatable bonds is 4. The van der Waals surface area contributed by atoms with Crippen molar-refractivity contribution >= 4 is 11.3 Å². The molecule has 0 fully saturated rings. The molecule has 1 N–H and O–H groups in total. The predicted molar refractivity (Wildman–Crippen MR) is 78.3 cm³/mol. The van der Waals surface area contributed by atoms with Gasteiger partial charge in [0, 0.05) is 29.6 Å². The second-order valence-electron chi connectivity index (χ2n) is 4.61. The largest absolute Gasteiger partial charge is 0.395 e. The van der Waals surface area contributed by atoms with Crippen molar-refractivity contribution in [1.82, 2.24) is 9.55 Å². The molecule has 0 spiro atoms. The Morgan fingerprint density at radius 3 is 3.00 bits per heavy atom. The molecule has 2 aromatic rings. The summed E-state index contributed by atoms with van der Waals surface area (Å²) in [7, 11) is 0. The van der Waals surface area contributed by atoms with E-state index in [2.05, 4.69) is 41.3 Å². The van der Waals surface area contributed by atoms with Crippen LogP contribution in [0.5, 0.6) is 0 Å². The molecule has 0 aromatic carbocycles. The zero-order chi connectivity index (χ0) is 13.7. The Bertz CT molecular complexity index is 587. The third-order valence-corrected chi connectivity index (χ3v) is 3.69. The highest BCUT2D eigenvalue weighted by Gasteiger charge is 2.08. The molecule has 0 bridgehead atoms. The van der Waals surface area contributed by atoms with Gasteiger partial charge in [0.15, 0.2) is 0 Å². The van der Waals surface area contributed by atoms with Crippen LogP contribution in [-0.2, 0) is 6.54 Å². The van der Waals surface area contributed by atoms with Crippen LogP contribution in [0.15, 0.2) is 24.5 Å². The Kier molecular flexibility index (Phi) is 4.78. The van der Waals surface area contributed by atoms with Gasteiger partial charge in [0.05, 0.1) is 18.0 Å². The zero-order valence-electron chi connectivity index (χ0n) is 11.3. The fourth-order valence-electron chi connectivity index (χ4n) is 1.86. The minimum Gasteiger partial charge on any atom is -0.395 e. The molecule has 0 aliphatic rings. The van der Waals surface area contributed by atoms with E-state index in [1.807, 2.05) is 18.5 Å². The van der Waals surface area contributed by atoms with Gasteiger partial charge < -0.3 is 9.67 Å². The number of hydrogen-bond acceptors (Lipinski definition) is 3. The Morgan fingerprint density at radius 1 is 1.42 bits per heavy atom. The molecule has 0 aliphatic carbocycles. The molecule has 0 saturated carbocycles. The van der Waals surface area contributed by atoms with Gasteiger partial charge in [0.2, 0.25) is 0 Å². The van der Waals surface area contributed by atoms with Crippen LogP contribution in [0.2, 0.25) is 0 Å². The second-order valence-corrected chi connectivity index (χ2v) is 5.78. The maximum atomic E-state index is 8.69. The molecule has 19 heavy (non-hydrogen) atoms. The van der Waals surface area contributed by atoms with Crippen LogP contribution in [0.4, 0.5) is 0 Å². The van der Waals surface area contributed by atoms with Gasteiger partial charge in [-0.1, -0.05) is 25.7 Å². The summed E-state index contributed by atoms with van der Waals surface area (Å²) in [5.41, 5.74) is 0. The van der Waals surface area contributed by atoms with Gasteiger partial charge in [0.1, 0.15) is 5.82 Å². The first kappa shape index (κ1) is 13.9. The first-order chi connectivity index (χ1) is 9.20. The highest BCUT2D eigenvalue weighted by Crippen LogP contribution is 2.19. The third-order valence-electron chi connectivity index (χ3n) is 2.70. The highest BCUT2D eigenvalue weighted by molar-refractivity contribution is 7.12. The Balaban J connectivity index is 2.08. The molecular formula is C15H18N2OS. The maximum Gasteiger partial charge on any atom is 0.111 e. The summed E-state index contributed by atoms with van der Waals surface area (Å²) in [6.45, 7) is 5.27. The van der Waals surface area contributed by atoms with E-state index in [0.717, 1.165) is 17.2 Å². The summed E-state index contributed by atoms with van der Waals surface area (Å²) in [5.74, 6) is 7.55. The molecule has 0 saturated heterocycles. The number of hydrogen-bond donors (Lipinski definition) is 1. The van der Waals surface area contributed by atoms with Crippen LogP contribution in [0.1, 0.15) is 41.8 Å². The van der Waals surface area contributed by atoms with Crippen molar-refractivity contribution in [2.24, 2.45) is 0 Å². The minimum atomic E-state index is 0.123. The lowest BCUT2D eigenvalue weighted by molar-refractivity contribution is 0.305. The molecular weight excluding hydrogens is 256 g/mol. The van der Waals surface area contributed by atoms with Crippen LogP contribution in [-0.4, -0.2) is 21.3 Å². The van der Waals surface area contributed by atoms with Crippen molar-refractivity contribution in [2.75, 3.05) is 6.61 Å². The Labute approximate surface area is 117 Å². The molecule has 0 atom stereocenters. The summed E-state index contributed by atoms with van der Waals surface area (Å²) >= 11 is 1.70. The lowest BCUT2D eigenvalue weighted by atomic mass is 10.2. The van der Waals surface area contributed by atoms with Crippen molar-refractivity contribution in [3.8, 4) is 11.8 Å². The van der Waals surface area contributed by atoms with Crippen LogP contribution in [0, 0.1) is 11.8 Å². The third kappa shape index (κ3) is 3.69. The fraction of sp³-hybridized carbons (Fsp3) is 0.400. The first-order valence-corrected chi connectivity index (χ1v) is 7.22. The highest BCUT2D eigenvalue weighted by atomic mass is 32.1. The van der Waals surface area contributed by atoms with Gasteiger partial charge in [-0.05, 0) is 12.1 Å². The van der Waals surface area contributed by atoms with E-state index >= 15 is 0 Å². The van der Waals surface area contributed by atoms with E-state index in [0.29, 0.717) is 12.3 Å². The van der Waals surface area contributed by atoms with Crippen LogP contribution in [0.3, 0.4) is 0 Å². The van der Waals surface area contributed by atoms with Gasteiger partial charge in [0.25, 0.3) is 0 Å². The molecule has 4 heteroatoms. The summed E-state index contributed by atoms with van der Waals surface area (Å²) in [6.07, 6.45) is 4.41. The van der Waals surface area contributed by atoms with Gasteiger partial charge >= 0.3 is 0 Å². The summed E-state index contributed by atoms with van der Waals surface area (Å²) in [6, 6.07) is 4.15. The molecule has 2 rings (SSSR count). The smallest absolute Gasteiger partial charge is 0.111 e. The number of aliphatic hydroxyl groups is 1. The number of aromatic nitrogens is 2. The fourth-order valence-corrected chi connectivity index (χ4v) is 2.74. The summed E-state index contributed by atoms with van der Waals surface area (Å²) in [5, 5.41) is 8.69. The standard InChI is InChI=1S/C15H18N2OS/c1-12(2)15-16-8-9-17(15)11-14-7-6-13(19-14)5-3-4-10-18/h6-9,12,18H,4,10-11H2,1-2H3. The SMILES string of the molecule is CC(C)c1nccn1Cc1ccc(C#CCCO)s1. The zero-order valence-corrected chi connectivity index (χ0v) is 12.1. The molecule has 0 amide bonds. The second kappa shape index (κ2) is 6.55. The lowest BCUT2D eigenvalue weighted by Gasteiger charge is -2.08. The minimum absolute atomic E-state index is 0.123. The number of imidazole rings is 1. The molecule has 3 nitrogen and oxygen atoms in total.